The number of amides is 1. The van der Waals surface area contributed by atoms with Crippen molar-refractivity contribution >= 4 is 5.91 Å². The number of carbonyl (C=O) groups excluding carboxylic acids is 1. The predicted molar refractivity (Wildman–Crippen MR) is 85.6 cm³/mol. The number of carbonyl (C=O) groups is 1. The minimum Gasteiger partial charge on any atom is -0.497 e. The molecule has 128 valence electrons. The summed E-state index contributed by atoms with van der Waals surface area (Å²) in [4.78, 5) is 11.8. The lowest BCUT2D eigenvalue weighted by molar-refractivity contribution is -0.121. The van der Waals surface area contributed by atoms with E-state index in [9.17, 15) is 18.7 Å². The van der Waals surface area contributed by atoms with E-state index < -0.39 is 17.7 Å². The van der Waals surface area contributed by atoms with Gasteiger partial charge in [-0.05, 0) is 41.8 Å². The Morgan fingerprint density at radius 1 is 1.17 bits per heavy atom. The number of rotatable bonds is 7. The zero-order chi connectivity index (χ0) is 17.5. The summed E-state index contributed by atoms with van der Waals surface area (Å²) < 4.78 is 30.9. The fraction of sp³-hybridized carbons (Fsp3) is 0.278. The Kier molecular flexibility index (Phi) is 6.26. The maximum absolute atomic E-state index is 13.1. The predicted octanol–water partition coefficient (Wildman–Crippen LogP) is 2.76. The zero-order valence-corrected chi connectivity index (χ0v) is 13.3. The Hall–Kier alpha value is -2.47. The summed E-state index contributed by atoms with van der Waals surface area (Å²) in [6, 6.07) is 10.4. The molecule has 0 aliphatic carbocycles. The Balaban J connectivity index is 1.78. The van der Waals surface area contributed by atoms with Crippen LogP contribution < -0.4 is 10.1 Å². The largest absolute Gasteiger partial charge is 0.497 e. The van der Waals surface area contributed by atoms with Crippen molar-refractivity contribution < 1.29 is 23.4 Å². The van der Waals surface area contributed by atoms with Gasteiger partial charge in [-0.1, -0.05) is 18.2 Å². The monoisotopic (exact) mass is 335 g/mol. The van der Waals surface area contributed by atoms with Gasteiger partial charge in [0.25, 0.3) is 0 Å². The SMILES string of the molecule is COc1ccc(C(O)CNC(=O)CCc2ccc(F)c(F)c2)cc1. The lowest BCUT2D eigenvalue weighted by Gasteiger charge is -2.13. The van der Waals surface area contributed by atoms with Crippen LogP contribution in [0.5, 0.6) is 5.75 Å². The minimum absolute atomic E-state index is 0.0724. The maximum Gasteiger partial charge on any atom is 0.220 e. The molecular weight excluding hydrogens is 316 g/mol. The topological polar surface area (TPSA) is 58.6 Å². The Bertz CT molecular complexity index is 689. The summed E-state index contributed by atoms with van der Waals surface area (Å²) in [7, 11) is 1.55. The summed E-state index contributed by atoms with van der Waals surface area (Å²) in [5, 5.41) is 12.7. The third-order valence-electron chi connectivity index (χ3n) is 3.62. The quantitative estimate of drug-likeness (QED) is 0.818. The summed E-state index contributed by atoms with van der Waals surface area (Å²) in [5.41, 5.74) is 1.21. The van der Waals surface area contributed by atoms with Crippen molar-refractivity contribution in [2.75, 3.05) is 13.7 Å². The summed E-state index contributed by atoms with van der Waals surface area (Å²) in [5.74, 6) is -1.43. The molecule has 4 nitrogen and oxygen atoms in total. The van der Waals surface area contributed by atoms with Gasteiger partial charge in [0.05, 0.1) is 13.2 Å². The summed E-state index contributed by atoms with van der Waals surface area (Å²) in [6.45, 7) is 0.0724. The van der Waals surface area contributed by atoms with Gasteiger partial charge in [0.1, 0.15) is 5.75 Å². The van der Waals surface area contributed by atoms with E-state index in [-0.39, 0.29) is 18.9 Å². The highest BCUT2D eigenvalue weighted by atomic mass is 19.2. The number of aryl methyl sites for hydroxylation is 1. The zero-order valence-electron chi connectivity index (χ0n) is 13.3. The number of ether oxygens (including phenoxy) is 1. The molecule has 0 aliphatic rings. The van der Waals surface area contributed by atoms with Gasteiger partial charge in [0.15, 0.2) is 11.6 Å². The first-order valence-electron chi connectivity index (χ1n) is 7.52. The Labute approximate surface area is 139 Å². The summed E-state index contributed by atoms with van der Waals surface area (Å²) in [6.07, 6.45) is -0.412. The average Bonchev–Trinajstić information content (AvgIpc) is 2.60. The van der Waals surface area contributed by atoms with Crippen LogP contribution in [0.4, 0.5) is 8.78 Å². The van der Waals surface area contributed by atoms with Crippen molar-refractivity contribution in [3.63, 3.8) is 0 Å². The van der Waals surface area contributed by atoms with Crippen LogP contribution >= 0.6 is 0 Å². The first-order chi connectivity index (χ1) is 11.5. The molecular formula is C18H19F2NO3. The molecule has 0 heterocycles. The molecule has 0 saturated carbocycles. The van der Waals surface area contributed by atoms with Gasteiger partial charge in [0.2, 0.25) is 5.91 Å². The second kappa shape index (κ2) is 8.40. The molecule has 2 rings (SSSR count). The first-order valence-corrected chi connectivity index (χ1v) is 7.52. The van der Waals surface area contributed by atoms with E-state index in [0.717, 1.165) is 12.1 Å². The minimum atomic E-state index is -0.928. The number of methoxy groups -OCH3 is 1. The molecule has 24 heavy (non-hydrogen) atoms. The van der Waals surface area contributed by atoms with Crippen LogP contribution in [0.3, 0.4) is 0 Å². The third kappa shape index (κ3) is 5.03. The third-order valence-corrected chi connectivity index (χ3v) is 3.62. The van der Waals surface area contributed by atoms with E-state index >= 15 is 0 Å². The summed E-state index contributed by atoms with van der Waals surface area (Å²) >= 11 is 0. The number of halogens is 2. The molecule has 2 N–H and O–H groups in total. The molecule has 0 radical (unpaired) electrons. The smallest absolute Gasteiger partial charge is 0.220 e. The number of hydrogen-bond acceptors (Lipinski definition) is 3. The van der Waals surface area contributed by atoms with Crippen molar-refractivity contribution in [3.05, 3.63) is 65.2 Å². The molecule has 1 amide bonds. The van der Waals surface area contributed by atoms with Crippen LogP contribution in [0.1, 0.15) is 23.7 Å². The highest BCUT2D eigenvalue weighted by Crippen LogP contribution is 2.17. The van der Waals surface area contributed by atoms with E-state index in [4.69, 9.17) is 4.74 Å². The molecule has 0 fully saturated rings. The number of hydrogen-bond donors (Lipinski definition) is 2. The molecule has 1 unspecified atom stereocenters. The maximum atomic E-state index is 13.1. The van der Waals surface area contributed by atoms with Gasteiger partial charge < -0.3 is 15.2 Å². The lowest BCUT2D eigenvalue weighted by Crippen LogP contribution is -2.28. The van der Waals surface area contributed by atoms with E-state index in [1.807, 2.05) is 0 Å². The molecule has 0 saturated heterocycles. The molecule has 0 spiro atoms. The van der Waals surface area contributed by atoms with Gasteiger partial charge in [-0.15, -0.1) is 0 Å². The molecule has 0 bridgehead atoms. The fourth-order valence-corrected chi connectivity index (χ4v) is 2.20. The van der Waals surface area contributed by atoms with Crippen LogP contribution in [0.15, 0.2) is 42.5 Å². The van der Waals surface area contributed by atoms with Crippen molar-refractivity contribution in [2.24, 2.45) is 0 Å². The van der Waals surface area contributed by atoms with Crippen LogP contribution in [0, 0.1) is 11.6 Å². The standard InChI is InChI=1S/C18H19F2NO3/c1-24-14-6-4-13(5-7-14)17(22)11-21-18(23)9-3-12-2-8-15(19)16(20)10-12/h2,4-8,10,17,22H,3,9,11H2,1H3,(H,21,23). The van der Waals surface area contributed by atoms with Gasteiger partial charge in [-0.25, -0.2) is 8.78 Å². The van der Waals surface area contributed by atoms with Gasteiger partial charge >= 0.3 is 0 Å². The van der Waals surface area contributed by atoms with Crippen molar-refractivity contribution in [2.45, 2.75) is 18.9 Å². The Morgan fingerprint density at radius 3 is 2.50 bits per heavy atom. The van der Waals surface area contributed by atoms with Gasteiger partial charge in [0, 0.05) is 13.0 Å². The van der Waals surface area contributed by atoms with E-state index in [1.54, 1.807) is 31.4 Å². The first kappa shape index (κ1) is 17.9. The van der Waals surface area contributed by atoms with Gasteiger partial charge in [-0.2, -0.15) is 0 Å². The van der Waals surface area contributed by atoms with Crippen LogP contribution in [0.25, 0.3) is 0 Å². The van der Waals surface area contributed by atoms with E-state index in [0.29, 0.717) is 23.3 Å². The molecule has 6 heteroatoms. The fourth-order valence-electron chi connectivity index (χ4n) is 2.20. The van der Waals surface area contributed by atoms with Crippen LogP contribution in [-0.4, -0.2) is 24.7 Å². The molecule has 2 aromatic rings. The number of aliphatic hydroxyl groups excluding tert-OH is 1. The molecule has 2 aromatic carbocycles. The van der Waals surface area contributed by atoms with Crippen molar-refractivity contribution in [1.29, 1.82) is 0 Å². The number of aliphatic hydroxyl groups is 1. The normalized spacial score (nSPS) is 11.8. The van der Waals surface area contributed by atoms with Crippen LogP contribution in [-0.2, 0) is 11.2 Å². The molecule has 1 atom stereocenters. The second-order valence-electron chi connectivity index (χ2n) is 5.34. The van der Waals surface area contributed by atoms with Crippen molar-refractivity contribution in [3.8, 4) is 5.75 Å². The van der Waals surface area contributed by atoms with Crippen LogP contribution in [0.2, 0.25) is 0 Å². The average molecular weight is 335 g/mol. The number of benzene rings is 2. The van der Waals surface area contributed by atoms with E-state index in [2.05, 4.69) is 5.32 Å². The highest BCUT2D eigenvalue weighted by molar-refractivity contribution is 5.76. The molecule has 0 aliphatic heterocycles. The number of nitrogens with one attached hydrogen (secondary N) is 1. The Morgan fingerprint density at radius 2 is 1.88 bits per heavy atom. The lowest BCUT2D eigenvalue weighted by atomic mass is 10.1. The highest BCUT2D eigenvalue weighted by Gasteiger charge is 2.10. The second-order valence-corrected chi connectivity index (χ2v) is 5.34. The van der Waals surface area contributed by atoms with Gasteiger partial charge in [-0.3, -0.25) is 4.79 Å². The molecule has 0 aromatic heterocycles. The van der Waals surface area contributed by atoms with E-state index in [1.165, 1.54) is 6.07 Å². The van der Waals surface area contributed by atoms with Crippen molar-refractivity contribution in [1.82, 2.24) is 5.32 Å².